The summed E-state index contributed by atoms with van der Waals surface area (Å²) in [6.45, 7) is 1.74. The number of aliphatic imine (C=N–C) groups is 1. The van der Waals surface area contributed by atoms with Gasteiger partial charge in [-0.25, -0.2) is 14.6 Å². The number of hydrogen-bond acceptors (Lipinski definition) is 7. The second-order valence-corrected chi connectivity index (χ2v) is 5.67. The lowest BCUT2D eigenvalue weighted by molar-refractivity contribution is -0.158. The minimum absolute atomic E-state index is 0.0477. The molecule has 7 nitrogen and oxygen atoms in total. The Morgan fingerprint density at radius 3 is 2.48 bits per heavy atom. The van der Waals surface area contributed by atoms with Gasteiger partial charge in [-0.2, -0.15) is 0 Å². The van der Waals surface area contributed by atoms with Crippen LogP contribution in [0.3, 0.4) is 0 Å². The number of carbonyl (C=O) groups excluding carboxylic acids is 2. The van der Waals surface area contributed by atoms with Gasteiger partial charge in [-0.3, -0.25) is 0 Å². The van der Waals surface area contributed by atoms with Crippen LogP contribution in [0.4, 0.5) is 0 Å². The highest BCUT2D eigenvalue weighted by Crippen LogP contribution is 2.41. The highest BCUT2D eigenvalue weighted by Gasteiger charge is 2.57. The number of hydrogen-bond donors (Lipinski definition) is 0. The molecule has 1 aliphatic heterocycles. The van der Waals surface area contributed by atoms with Crippen LogP contribution in [0.25, 0.3) is 0 Å². The first kappa shape index (κ1) is 18.4. The Morgan fingerprint density at radius 1 is 1.11 bits per heavy atom. The summed E-state index contributed by atoms with van der Waals surface area (Å²) in [5.41, 5.74) is -1.21. The highest BCUT2D eigenvalue weighted by molar-refractivity contribution is 6.17. The lowest BCUT2D eigenvalue weighted by Crippen LogP contribution is -2.41. The average Bonchev–Trinajstić information content (AvgIpc) is 3.06. The molecule has 0 saturated heterocycles. The predicted molar refractivity (Wildman–Crippen MR) is 96.9 cm³/mol. The minimum Gasteiger partial charge on any atom is -0.497 e. The molecule has 1 aliphatic rings. The van der Waals surface area contributed by atoms with Gasteiger partial charge in [0, 0.05) is 17.2 Å². The van der Waals surface area contributed by atoms with Crippen molar-refractivity contribution in [1.82, 2.24) is 0 Å². The molecule has 0 amide bonds. The van der Waals surface area contributed by atoms with Gasteiger partial charge >= 0.3 is 11.9 Å². The number of esters is 2. The molecule has 1 heterocycles. The van der Waals surface area contributed by atoms with E-state index in [1.807, 2.05) is 6.07 Å². The number of rotatable bonds is 6. The summed E-state index contributed by atoms with van der Waals surface area (Å²) in [5.74, 6) is -0.857. The zero-order valence-electron chi connectivity index (χ0n) is 15.2. The molecule has 0 bridgehead atoms. The van der Waals surface area contributed by atoms with E-state index in [0.717, 1.165) is 0 Å². The van der Waals surface area contributed by atoms with Crippen LogP contribution in [0.5, 0.6) is 11.5 Å². The Kier molecular flexibility index (Phi) is 5.12. The molecule has 0 saturated carbocycles. The Bertz CT molecular complexity index is 893. The Labute approximate surface area is 156 Å². The molecule has 3 rings (SSSR count). The average molecular weight is 369 g/mol. The minimum atomic E-state index is -2.00. The summed E-state index contributed by atoms with van der Waals surface area (Å²) in [5, 5.41) is 0. The molecule has 1 atom stereocenters. The molecule has 0 radical (unpaired) electrons. The van der Waals surface area contributed by atoms with Crippen LogP contribution in [-0.2, 0) is 24.6 Å². The standard InChI is InChI=1S/C20H19NO6/c1-4-26-18(22)20(15-11-10-14(24-2)12-16(15)25-3)19(23)27-17(21-20)13-8-6-5-7-9-13/h5-12H,4H2,1-3H3. The third-order valence-electron chi connectivity index (χ3n) is 4.14. The van der Waals surface area contributed by atoms with Crippen molar-refractivity contribution < 1.29 is 28.5 Å². The number of methoxy groups -OCH3 is 2. The van der Waals surface area contributed by atoms with Gasteiger partial charge in [0.25, 0.3) is 5.54 Å². The van der Waals surface area contributed by atoms with Crippen molar-refractivity contribution >= 4 is 17.8 Å². The summed E-state index contributed by atoms with van der Waals surface area (Å²) in [4.78, 5) is 30.1. The van der Waals surface area contributed by atoms with Gasteiger partial charge in [0.05, 0.1) is 20.8 Å². The van der Waals surface area contributed by atoms with Gasteiger partial charge in [-0.1, -0.05) is 18.2 Å². The molecule has 7 heteroatoms. The Hall–Kier alpha value is -3.35. The molecule has 1 unspecified atom stereocenters. The summed E-state index contributed by atoms with van der Waals surface area (Å²) in [6, 6.07) is 13.6. The van der Waals surface area contributed by atoms with Gasteiger partial charge in [-0.05, 0) is 31.2 Å². The molecule has 0 spiro atoms. The molecular formula is C20H19NO6. The first-order valence-electron chi connectivity index (χ1n) is 8.34. The monoisotopic (exact) mass is 369 g/mol. The molecule has 2 aromatic rings. The highest BCUT2D eigenvalue weighted by atomic mass is 16.6. The predicted octanol–water partition coefficient (Wildman–Crippen LogP) is 2.47. The van der Waals surface area contributed by atoms with Crippen molar-refractivity contribution in [2.75, 3.05) is 20.8 Å². The van der Waals surface area contributed by atoms with E-state index in [1.54, 1.807) is 49.4 Å². The van der Waals surface area contributed by atoms with Gasteiger partial charge < -0.3 is 18.9 Å². The smallest absolute Gasteiger partial charge is 0.357 e. The van der Waals surface area contributed by atoms with Crippen molar-refractivity contribution in [2.24, 2.45) is 4.99 Å². The number of ether oxygens (including phenoxy) is 4. The third kappa shape index (κ3) is 3.12. The van der Waals surface area contributed by atoms with Crippen molar-refractivity contribution in [3.05, 3.63) is 59.7 Å². The van der Waals surface area contributed by atoms with Crippen LogP contribution in [-0.4, -0.2) is 38.7 Å². The van der Waals surface area contributed by atoms with Gasteiger partial charge in [-0.15, -0.1) is 0 Å². The van der Waals surface area contributed by atoms with E-state index < -0.39 is 17.5 Å². The number of cyclic esters (lactones) is 1. The van der Waals surface area contributed by atoms with E-state index in [9.17, 15) is 9.59 Å². The zero-order valence-corrected chi connectivity index (χ0v) is 15.2. The molecule has 0 fully saturated rings. The van der Waals surface area contributed by atoms with E-state index in [4.69, 9.17) is 18.9 Å². The third-order valence-corrected chi connectivity index (χ3v) is 4.14. The lowest BCUT2D eigenvalue weighted by Gasteiger charge is -2.22. The van der Waals surface area contributed by atoms with Crippen LogP contribution in [0.2, 0.25) is 0 Å². The van der Waals surface area contributed by atoms with Gasteiger partial charge in [0.15, 0.2) is 0 Å². The molecule has 2 aromatic carbocycles. The van der Waals surface area contributed by atoms with Crippen LogP contribution in [0.15, 0.2) is 53.5 Å². The number of benzene rings is 2. The van der Waals surface area contributed by atoms with E-state index in [2.05, 4.69) is 4.99 Å². The fraction of sp³-hybridized carbons (Fsp3) is 0.250. The second-order valence-electron chi connectivity index (χ2n) is 5.67. The maximum atomic E-state index is 12.9. The quantitative estimate of drug-likeness (QED) is 0.575. The zero-order chi connectivity index (χ0) is 19.4. The first-order chi connectivity index (χ1) is 13.1. The molecule has 0 N–H and O–H groups in total. The van der Waals surface area contributed by atoms with Crippen molar-refractivity contribution in [1.29, 1.82) is 0 Å². The number of carbonyl (C=O) groups is 2. The second kappa shape index (κ2) is 7.49. The van der Waals surface area contributed by atoms with Gasteiger partial charge in [0.1, 0.15) is 11.5 Å². The van der Waals surface area contributed by atoms with E-state index >= 15 is 0 Å². The van der Waals surface area contributed by atoms with Crippen molar-refractivity contribution in [3.8, 4) is 11.5 Å². The fourth-order valence-electron chi connectivity index (χ4n) is 2.83. The molecule has 27 heavy (non-hydrogen) atoms. The van der Waals surface area contributed by atoms with E-state index in [-0.39, 0.29) is 23.8 Å². The fourth-order valence-corrected chi connectivity index (χ4v) is 2.83. The molecule has 140 valence electrons. The van der Waals surface area contributed by atoms with Crippen LogP contribution in [0, 0.1) is 0 Å². The van der Waals surface area contributed by atoms with Crippen molar-refractivity contribution in [2.45, 2.75) is 12.5 Å². The Balaban J connectivity index is 2.21. The summed E-state index contributed by atoms with van der Waals surface area (Å²) in [7, 11) is 2.93. The normalized spacial score (nSPS) is 18.5. The van der Waals surface area contributed by atoms with Gasteiger partial charge in [0.2, 0.25) is 5.90 Å². The van der Waals surface area contributed by atoms with Crippen molar-refractivity contribution in [3.63, 3.8) is 0 Å². The lowest BCUT2D eigenvalue weighted by atomic mass is 9.90. The summed E-state index contributed by atoms with van der Waals surface area (Å²) < 4.78 is 21.1. The summed E-state index contributed by atoms with van der Waals surface area (Å²) >= 11 is 0. The number of nitrogens with zero attached hydrogens (tertiary/aromatic N) is 1. The molecular weight excluding hydrogens is 350 g/mol. The first-order valence-corrected chi connectivity index (χ1v) is 8.34. The Morgan fingerprint density at radius 2 is 1.85 bits per heavy atom. The van der Waals surface area contributed by atoms with Crippen LogP contribution < -0.4 is 9.47 Å². The molecule has 0 aromatic heterocycles. The van der Waals surface area contributed by atoms with E-state index in [1.165, 1.54) is 14.2 Å². The largest absolute Gasteiger partial charge is 0.497 e. The molecule has 0 aliphatic carbocycles. The van der Waals surface area contributed by atoms with Crippen LogP contribution >= 0.6 is 0 Å². The maximum absolute atomic E-state index is 12.9. The van der Waals surface area contributed by atoms with E-state index in [0.29, 0.717) is 11.3 Å². The summed E-state index contributed by atoms with van der Waals surface area (Å²) in [6.07, 6.45) is 0. The maximum Gasteiger partial charge on any atom is 0.357 e. The SMILES string of the molecule is CCOC(=O)C1(c2ccc(OC)cc2OC)N=C(c2ccccc2)OC1=O. The topological polar surface area (TPSA) is 83.4 Å². The van der Waals surface area contributed by atoms with Crippen LogP contribution in [0.1, 0.15) is 18.1 Å².